The van der Waals surface area contributed by atoms with Crippen LogP contribution in [-0.4, -0.2) is 23.0 Å². The van der Waals surface area contributed by atoms with Crippen molar-refractivity contribution < 1.29 is 14.7 Å². The van der Waals surface area contributed by atoms with Crippen molar-refractivity contribution in [3.05, 3.63) is 35.9 Å². The minimum atomic E-state index is -0.961. The minimum absolute atomic E-state index is 0.0126. The number of aryl methyl sites for hydroxylation is 1. The Morgan fingerprint density at radius 1 is 1.37 bits per heavy atom. The highest BCUT2D eigenvalue weighted by Crippen LogP contribution is 2.37. The molecule has 1 saturated carbocycles. The topological polar surface area (TPSA) is 66.4 Å². The summed E-state index contributed by atoms with van der Waals surface area (Å²) in [6.07, 6.45) is 1.95. The van der Waals surface area contributed by atoms with Crippen molar-refractivity contribution in [3.63, 3.8) is 0 Å². The minimum Gasteiger partial charge on any atom is -0.480 e. The van der Waals surface area contributed by atoms with Crippen LogP contribution < -0.4 is 5.32 Å². The smallest absolute Gasteiger partial charge is 0.326 e. The maximum atomic E-state index is 11.8. The van der Waals surface area contributed by atoms with Crippen LogP contribution in [0, 0.1) is 11.8 Å². The third-order valence-corrected chi connectivity index (χ3v) is 3.63. The number of carbonyl (C=O) groups is 2. The van der Waals surface area contributed by atoms with E-state index in [9.17, 15) is 9.59 Å². The van der Waals surface area contributed by atoms with Gasteiger partial charge in [-0.15, -0.1) is 0 Å². The van der Waals surface area contributed by atoms with Gasteiger partial charge in [0.2, 0.25) is 5.91 Å². The van der Waals surface area contributed by atoms with Gasteiger partial charge >= 0.3 is 5.97 Å². The predicted molar refractivity (Wildman–Crippen MR) is 71.6 cm³/mol. The second-order valence-electron chi connectivity index (χ2n) is 5.24. The molecule has 2 N–H and O–H groups in total. The molecule has 0 radical (unpaired) electrons. The summed E-state index contributed by atoms with van der Waals surface area (Å²) in [6.45, 7) is 2.00. The van der Waals surface area contributed by atoms with E-state index in [-0.39, 0.29) is 11.8 Å². The molecule has 1 aromatic rings. The molecule has 0 bridgehead atoms. The Hall–Kier alpha value is -1.84. The third kappa shape index (κ3) is 3.81. The zero-order chi connectivity index (χ0) is 13.8. The number of hydrogen-bond donors (Lipinski definition) is 2. The monoisotopic (exact) mass is 261 g/mol. The van der Waals surface area contributed by atoms with Gasteiger partial charge in [0, 0.05) is 5.92 Å². The number of carboxylic acids is 1. The van der Waals surface area contributed by atoms with Crippen LogP contribution in [0.4, 0.5) is 0 Å². The Labute approximate surface area is 112 Å². The number of rotatable bonds is 6. The molecule has 3 unspecified atom stereocenters. The Morgan fingerprint density at radius 2 is 2.00 bits per heavy atom. The molecule has 1 amide bonds. The van der Waals surface area contributed by atoms with Gasteiger partial charge in [-0.05, 0) is 30.7 Å². The fourth-order valence-electron chi connectivity index (χ4n) is 2.18. The van der Waals surface area contributed by atoms with Crippen LogP contribution in [0.3, 0.4) is 0 Å². The third-order valence-electron chi connectivity index (χ3n) is 3.63. The molecule has 1 fully saturated rings. The van der Waals surface area contributed by atoms with Crippen molar-refractivity contribution in [1.29, 1.82) is 0 Å². The van der Waals surface area contributed by atoms with E-state index in [2.05, 4.69) is 5.32 Å². The van der Waals surface area contributed by atoms with Crippen molar-refractivity contribution in [2.45, 2.75) is 32.2 Å². The van der Waals surface area contributed by atoms with Crippen molar-refractivity contribution in [1.82, 2.24) is 5.32 Å². The van der Waals surface area contributed by atoms with Crippen LogP contribution in [0.25, 0.3) is 0 Å². The molecule has 1 aromatic carbocycles. The summed E-state index contributed by atoms with van der Waals surface area (Å²) < 4.78 is 0. The molecule has 0 aromatic heterocycles. The number of nitrogens with one attached hydrogen (secondary N) is 1. The molecule has 0 heterocycles. The molecule has 3 atom stereocenters. The van der Waals surface area contributed by atoms with Gasteiger partial charge in [-0.2, -0.15) is 0 Å². The molecular formula is C15H19NO3. The lowest BCUT2D eigenvalue weighted by Crippen LogP contribution is -2.42. The normalized spacial score (nSPS) is 22.6. The molecule has 0 saturated heterocycles. The van der Waals surface area contributed by atoms with Crippen molar-refractivity contribution in [3.8, 4) is 0 Å². The van der Waals surface area contributed by atoms with Crippen molar-refractivity contribution in [2.75, 3.05) is 0 Å². The molecule has 4 nitrogen and oxygen atoms in total. The van der Waals surface area contributed by atoms with Crippen molar-refractivity contribution in [2.24, 2.45) is 11.8 Å². The van der Waals surface area contributed by atoms with E-state index in [0.29, 0.717) is 18.8 Å². The van der Waals surface area contributed by atoms with Crippen LogP contribution in [0.5, 0.6) is 0 Å². The molecule has 1 aliphatic carbocycles. The zero-order valence-electron chi connectivity index (χ0n) is 11.0. The Kier molecular flexibility index (Phi) is 4.20. The van der Waals surface area contributed by atoms with Gasteiger partial charge in [0.15, 0.2) is 0 Å². The Morgan fingerprint density at radius 3 is 2.53 bits per heavy atom. The summed E-state index contributed by atoms with van der Waals surface area (Å²) >= 11 is 0. The lowest BCUT2D eigenvalue weighted by Gasteiger charge is -2.14. The van der Waals surface area contributed by atoms with Crippen LogP contribution in [0.1, 0.15) is 25.3 Å². The molecule has 102 valence electrons. The number of carbonyl (C=O) groups excluding carboxylic acids is 1. The largest absolute Gasteiger partial charge is 0.480 e. The van der Waals surface area contributed by atoms with Gasteiger partial charge in [0.1, 0.15) is 6.04 Å². The fourth-order valence-corrected chi connectivity index (χ4v) is 2.18. The molecule has 2 rings (SSSR count). The quantitative estimate of drug-likeness (QED) is 0.821. The van der Waals surface area contributed by atoms with Gasteiger partial charge in [0.25, 0.3) is 0 Å². The van der Waals surface area contributed by atoms with Gasteiger partial charge in [-0.1, -0.05) is 37.3 Å². The highest BCUT2D eigenvalue weighted by Gasteiger charge is 2.40. The number of amides is 1. The second-order valence-corrected chi connectivity index (χ2v) is 5.24. The van der Waals surface area contributed by atoms with E-state index in [4.69, 9.17) is 5.11 Å². The van der Waals surface area contributed by atoms with Crippen LogP contribution in [0.15, 0.2) is 30.3 Å². The van der Waals surface area contributed by atoms with E-state index < -0.39 is 12.0 Å². The molecule has 0 spiro atoms. The average molecular weight is 261 g/mol. The average Bonchev–Trinajstić information content (AvgIpc) is 3.12. The van der Waals surface area contributed by atoms with Gasteiger partial charge in [0.05, 0.1) is 0 Å². The SMILES string of the molecule is CC1CC1C(=O)NC(CCc1ccccc1)C(=O)O. The first-order valence-electron chi connectivity index (χ1n) is 6.65. The maximum absolute atomic E-state index is 11.8. The van der Waals surface area contributed by atoms with Crippen LogP contribution >= 0.6 is 0 Å². The van der Waals surface area contributed by atoms with E-state index in [0.717, 1.165) is 12.0 Å². The first kappa shape index (κ1) is 13.6. The summed E-state index contributed by atoms with van der Waals surface area (Å²) in [7, 11) is 0. The Bertz CT molecular complexity index is 458. The second kappa shape index (κ2) is 5.87. The van der Waals surface area contributed by atoms with Gasteiger partial charge < -0.3 is 10.4 Å². The van der Waals surface area contributed by atoms with E-state index in [1.54, 1.807) is 0 Å². The first-order chi connectivity index (χ1) is 9.08. The van der Waals surface area contributed by atoms with Gasteiger partial charge in [-0.3, -0.25) is 4.79 Å². The number of aliphatic carboxylic acids is 1. The molecular weight excluding hydrogens is 242 g/mol. The summed E-state index contributed by atoms with van der Waals surface area (Å²) in [5.74, 6) is -0.673. The predicted octanol–water partition coefficient (Wildman–Crippen LogP) is 1.84. The summed E-state index contributed by atoms with van der Waals surface area (Å²) in [4.78, 5) is 22.9. The van der Waals surface area contributed by atoms with Crippen molar-refractivity contribution >= 4 is 11.9 Å². The fraction of sp³-hybridized carbons (Fsp3) is 0.467. The van der Waals surface area contributed by atoms with Gasteiger partial charge in [-0.25, -0.2) is 4.79 Å². The summed E-state index contributed by atoms with van der Waals surface area (Å²) in [5.41, 5.74) is 1.09. The highest BCUT2D eigenvalue weighted by molar-refractivity contribution is 5.86. The number of hydrogen-bond acceptors (Lipinski definition) is 2. The van der Waals surface area contributed by atoms with Crippen LogP contribution in [0.2, 0.25) is 0 Å². The van der Waals surface area contributed by atoms with E-state index >= 15 is 0 Å². The summed E-state index contributed by atoms with van der Waals surface area (Å²) in [5, 5.41) is 11.8. The first-order valence-corrected chi connectivity index (χ1v) is 6.65. The molecule has 0 aliphatic heterocycles. The van der Waals surface area contributed by atoms with E-state index in [1.807, 2.05) is 37.3 Å². The van der Waals surface area contributed by atoms with E-state index in [1.165, 1.54) is 0 Å². The Balaban J connectivity index is 1.86. The zero-order valence-corrected chi connectivity index (χ0v) is 11.0. The highest BCUT2D eigenvalue weighted by atomic mass is 16.4. The standard InChI is InChI=1S/C15H19NO3/c1-10-9-12(10)14(17)16-13(15(18)19)8-7-11-5-3-2-4-6-11/h2-6,10,12-13H,7-9H2,1H3,(H,16,17)(H,18,19). The molecule has 4 heteroatoms. The maximum Gasteiger partial charge on any atom is 0.326 e. The van der Waals surface area contributed by atoms with Crippen LogP contribution in [-0.2, 0) is 16.0 Å². The number of benzene rings is 1. The molecule has 1 aliphatic rings. The number of carboxylic acid groups (broad SMARTS) is 1. The lowest BCUT2D eigenvalue weighted by atomic mass is 10.1. The lowest BCUT2D eigenvalue weighted by molar-refractivity contribution is -0.142. The summed E-state index contributed by atoms with van der Waals surface area (Å²) in [6, 6.07) is 8.91. The molecule has 19 heavy (non-hydrogen) atoms.